The first kappa shape index (κ1) is 16.1. The summed E-state index contributed by atoms with van der Waals surface area (Å²) in [6.45, 7) is 7.80. The largest absolute Gasteiger partial charge is 0.488 e. The molecule has 0 saturated carbocycles. The molecule has 21 heavy (non-hydrogen) atoms. The Balaban J connectivity index is 2.11. The van der Waals surface area contributed by atoms with Crippen LogP contribution in [-0.4, -0.2) is 6.04 Å². The molecule has 0 aliphatic carbocycles. The molecule has 0 aliphatic heterocycles. The molecule has 1 N–H and O–H groups in total. The zero-order valence-corrected chi connectivity index (χ0v) is 14.4. The first-order chi connectivity index (χ1) is 10.1. The van der Waals surface area contributed by atoms with Gasteiger partial charge < -0.3 is 10.1 Å². The molecule has 3 heteroatoms. The van der Waals surface area contributed by atoms with Crippen molar-refractivity contribution >= 4 is 15.9 Å². The van der Waals surface area contributed by atoms with Crippen molar-refractivity contribution in [1.29, 1.82) is 0 Å². The van der Waals surface area contributed by atoms with Crippen molar-refractivity contribution in [2.75, 3.05) is 0 Å². The van der Waals surface area contributed by atoms with Crippen LogP contribution < -0.4 is 10.1 Å². The van der Waals surface area contributed by atoms with Crippen molar-refractivity contribution in [2.45, 2.75) is 40.0 Å². The van der Waals surface area contributed by atoms with Crippen LogP contribution in [0.15, 0.2) is 46.9 Å². The zero-order valence-electron chi connectivity index (χ0n) is 12.8. The lowest BCUT2D eigenvalue weighted by molar-refractivity contribution is 0.299. The van der Waals surface area contributed by atoms with Crippen molar-refractivity contribution < 1.29 is 4.74 Å². The molecule has 0 unspecified atom stereocenters. The van der Waals surface area contributed by atoms with E-state index in [-0.39, 0.29) is 0 Å². The van der Waals surface area contributed by atoms with Crippen LogP contribution in [0.5, 0.6) is 5.75 Å². The Bertz CT molecular complexity index is 596. The number of hydrogen-bond acceptors (Lipinski definition) is 2. The van der Waals surface area contributed by atoms with E-state index in [1.807, 2.05) is 12.1 Å². The lowest BCUT2D eigenvalue weighted by Gasteiger charge is -2.16. The molecule has 0 fully saturated rings. The predicted molar refractivity (Wildman–Crippen MR) is 91.6 cm³/mol. The van der Waals surface area contributed by atoms with Crippen LogP contribution in [-0.2, 0) is 13.2 Å². The standard InChI is InChI=1S/C18H22BrNO/c1-13(2)20-11-16-8-4-6-14(3)18(16)21-12-15-7-5-9-17(19)10-15/h4-10,13,20H,11-12H2,1-3H3. The highest BCUT2D eigenvalue weighted by molar-refractivity contribution is 9.10. The van der Waals surface area contributed by atoms with Crippen LogP contribution in [0.1, 0.15) is 30.5 Å². The lowest BCUT2D eigenvalue weighted by atomic mass is 10.1. The summed E-state index contributed by atoms with van der Waals surface area (Å²) in [6.07, 6.45) is 0. The molecule has 0 amide bonds. The van der Waals surface area contributed by atoms with E-state index in [2.05, 4.69) is 72.3 Å². The fraction of sp³-hybridized carbons (Fsp3) is 0.333. The van der Waals surface area contributed by atoms with Crippen LogP contribution in [0.4, 0.5) is 0 Å². The molecular formula is C18H22BrNO. The minimum Gasteiger partial charge on any atom is -0.488 e. The van der Waals surface area contributed by atoms with Crippen LogP contribution in [0, 0.1) is 6.92 Å². The molecule has 0 saturated heterocycles. The second-order valence-electron chi connectivity index (χ2n) is 5.52. The first-order valence-electron chi connectivity index (χ1n) is 7.25. The number of halogens is 1. The second kappa shape index (κ2) is 7.62. The summed E-state index contributed by atoms with van der Waals surface area (Å²) in [4.78, 5) is 0. The van der Waals surface area contributed by atoms with Gasteiger partial charge in [-0.05, 0) is 30.2 Å². The number of aryl methyl sites for hydroxylation is 1. The molecule has 0 radical (unpaired) electrons. The highest BCUT2D eigenvalue weighted by Gasteiger charge is 2.08. The third kappa shape index (κ3) is 4.87. The molecule has 2 rings (SSSR count). The summed E-state index contributed by atoms with van der Waals surface area (Å²) in [5, 5.41) is 3.45. The van der Waals surface area contributed by atoms with E-state index >= 15 is 0 Å². The Kier molecular flexibility index (Phi) is 5.83. The topological polar surface area (TPSA) is 21.3 Å². The molecule has 112 valence electrons. The monoisotopic (exact) mass is 347 g/mol. The second-order valence-corrected chi connectivity index (χ2v) is 6.43. The maximum atomic E-state index is 6.08. The molecule has 0 spiro atoms. The molecule has 0 heterocycles. The van der Waals surface area contributed by atoms with Gasteiger partial charge >= 0.3 is 0 Å². The van der Waals surface area contributed by atoms with Crippen molar-refractivity contribution in [3.8, 4) is 5.75 Å². The average Bonchev–Trinajstić information content (AvgIpc) is 2.44. The molecule has 0 atom stereocenters. The SMILES string of the molecule is Cc1cccc(CNC(C)C)c1OCc1cccc(Br)c1. The molecule has 2 aromatic carbocycles. The van der Waals surface area contributed by atoms with E-state index in [1.54, 1.807) is 0 Å². The van der Waals surface area contributed by atoms with Gasteiger partial charge in [-0.3, -0.25) is 0 Å². The van der Waals surface area contributed by atoms with Crippen molar-refractivity contribution in [1.82, 2.24) is 5.32 Å². The van der Waals surface area contributed by atoms with Crippen LogP contribution in [0.2, 0.25) is 0 Å². The Morgan fingerprint density at radius 2 is 1.90 bits per heavy atom. The minimum absolute atomic E-state index is 0.462. The number of rotatable bonds is 6. The summed E-state index contributed by atoms with van der Waals surface area (Å²) in [5.74, 6) is 0.991. The Labute approximate surface area is 135 Å². The molecule has 2 aromatic rings. The van der Waals surface area contributed by atoms with Gasteiger partial charge in [-0.25, -0.2) is 0 Å². The normalized spacial score (nSPS) is 10.9. The molecule has 0 bridgehead atoms. The Hall–Kier alpha value is -1.32. The summed E-state index contributed by atoms with van der Waals surface area (Å²) in [6, 6.07) is 15.0. The van der Waals surface area contributed by atoms with Crippen molar-refractivity contribution in [2.24, 2.45) is 0 Å². The van der Waals surface area contributed by atoms with Crippen LogP contribution >= 0.6 is 15.9 Å². The van der Waals surface area contributed by atoms with Gasteiger partial charge in [-0.15, -0.1) is 0 Å². The van der Waals surface area contributed by atoms with Crippen LogP contribution in [0.3, 0.4) is 0 Å². The average molecular weight is 348 g/mol. The lowest BCUT2D eigenvalue weighted by Crippen LogP contribution is -2.22. The fourth-order valence-corrected chi connectivity index (χ4v) is 2.60. The van der Waals surface area contributed by atoms with Gasteiger partial charge in [0.1, 0.15) is 12.4 Å². The molecule has 0 aromatic heterocycles. The zero-order chi connectivity index (χ0) is 15.2. The van der Waals surface area contributed by atoms with Gasteiger partial charge in [0, 0.05) is 22.6 Å². The van der Waals surface area contributed by atoms with Crippen LogP contribution in [0.25, 0.3) is 0 Å². The van der Waals surface area contributed by atoms with Gasteiger partial charge in [0.2, 0.25) is 0 Å². The minimum atomic E-state index is 0.462. The first-order valence-corrected chi connectivity index (χ1v) is 8.04. The van der Waals surface area contributed by atoms with Gasteiger partial charge in [0.05, 0.1) is 0 Å². The third-order valence-electron chi connectivity index (χ3n) is 3.27. The highest BCUT2D eigenvalue weighted by Crippen LogP contribution is 2.25. The van der Waals surface area contributed by atoms with E-state index in [1.165, 1.54) is 11.1 Å². The maximum Gasteiger partial charge on any atom is 0.127 e. The summed E-state index contributed by atoms with van der Waals surface area (Å²) < 4.78 is 7.16. The number of hydrogen-bond donors (Lipinski definition) is 1. The maximum absolute atomic E-state index is 6.08. The van der Waals surface area contributed by atoms with Crippen molar-refractivity contribution in [3.63, 3.8) is 0 Å². The van der Waals surface area contributed by atoms with E-state index in [0.717, 1.165) is 22.3 Å². The number of ether oxygens (including phenoxy) is 1. The fourth-order valence-electron chi connectivity index (χ4n) is 2.16. The van der Waals surface area contributed by atoms with E-state index < -0.39 is 0 Å². The van der Waals surface area contributed by atoms with Gasteiger partial charge in [0.25, 0.3) is 0 Å². The Morgan fingerprint density at radius 3 is 2.62 bits per heavy atom. The van der Waals surface area contributed by atoms with E-state index in [0.29, 0.717) is 12.6 Å². The van der Waals surface area contributed by atoms with E-state index in [9.17, 15) is 0 Å². The molecule has 2 nitrogen and oxygen atoms in total. The third-order valence-corrected chi connectivity index (χ3v) is 3.76. The highest BCUT2D eigenvalue weighted by atomic mass is 79.9. The number of nitrogens with one attached hydrogen (secondary N) is 1. The molecule has 0 aliphatic rings. The smallest absolute Gasteiger partial charge is 0.127 e. The summed E-state index contributed by atoms with van der Waals surface area (Å²) in [7, 11) is 0. The summed E-state index contributed by atoms with van der Waals surface area (Å²) >= 11 is 3.49. The van der Waals surface area contributed by atoms with Gasteiger partial charge in [-0.1, -0.05) is 60.1 Å². The quantitative estimate of drug-likeness (QED) is 0.807. The van der Waals surface area contributed by atoms with Crippen molar-refractivity contribution in [3.05, 3.63) is 63.6 Å². The predicted octanol–water partition coefficient (Wildman–Crippen LogP) is 4.83. The summed E-state index contributed by atoms with van der Waals surface area (Å²) in [5.41, 5.74) is 3.54. The molecular weight excluding hydrogens is 326 g/mol. The van der Waals surface area contributed by atoms with Gasteiger partial charge in [0.15, 0.2) is 0 Å². The number of para-hydroxylation sites is 1. The van der Waals surface area contributed by atoms with E-state index in [4.69, 9.17) is 4.74 Å². The number of benzene rings is 2. The van der Waals surface area contributed by atoms with Gasteiger partial charge in [-0.2, -0.15) is 0 Å². The Morgan fingerprint density at radius 1 is 1.14 bits per heavy atom.